The van der Waals surface area contributed by atoms with Crippen molar-refractivity contribution in [1.82, 2.24) is 4.90 Å². The van der Waals surface area contributed by atoms with Crippen LogP contribution < -0.4 is 26.6 Å². The van der Waals surface area contributed by atoms with Gasteiger partial charge in [-0.3, -0.25) is 4.79 Å². The van der Waals surface area contributed by atoms with E-state index >= 15 is 0 Å². The second-order valence-corrected chi connectivity index (χ2v) is 12.1. The van der Waals surface area contributed by atoms with Gasteiger partial charge in [-0.05, 0) is 54.0 Å². The molecule has 5 nitrogen and oxygen atoms in total. The first kappa shape index (κ1) is 36.3. The highest BCUT2D eigenvalue weighted by atomic mass is 79.9. The van der Waals surface area contributed by atoms with Crippen molar-refractivity contribution in [2.75, 3.05) is 11.5 Å². The normalized spacial score (nSPS) is 13.1. The summed E-state index contributed by atoms with van der Waals surface area (Å²) in [7, 11) is 0. The van der Waals surface area contributed by atoms with E-state index in [1.165, 1.54) is 83.5 Å². The predicted molar refractivity (Wildman–Crippen MR) is 184 cm³/mol. The van der Waals surface area contributed by atoms with Gasteiger partial charge in [0.1, 0.15) is 5.75 Å². The number of amidine groups is 1. The van der Waals surface area contributed by atoms with E-state index < -0.39 is 0 Å². The molecule has 2 aliphatic rings. The van der Waals surface area contributed by atoms with Crippen molar-refractivity contribution in [2.24, 2.45) is 4.99 Å². The Morgan fingerprint density at radius 1 is 0.822 bits per heavy atom. The summed E-state index contributed by atoms with van der Waals surface area (Å²) in [6, 6.07) is 16.3. The lowest BCUT2D eigenvalue weighted by atomic mass is 10.0. The molecule has 2 aliphatic heterocycles. The van der Waals surface area contributed by atoms with Gasteiger partial charge in [0.05, 0.1) is 25.6 Å². The Balaban J connectivity index is 0.00000552. The first-order chi connectivity index (χ1) is 21.6. The molecule has 0 aliphatic carbocycles. The van der Waals surface area contributed by atoms with Gasteiger partial charge in [-0.25, -0.2) is 4.90 Å². The molecule has 0 spiro atoms. The third-order valence-corrected chi connectivity index (χ3v) is 8.41. The van der Waals surface area contributed by atoms with E-state index in [4.69, 9.17) is 4.74 Å². The first-order valence-corrected chi connectivity index (χ1v) is 17.1. The molecular formula is C39H52BrN3O2. The third kappa shape index (κ3) is 12.6. The molecule has 4 rings (SSSR count). The van der Waals surface area contributed by atoms with Crippen LogP contribution in [-0.2, 0) is 17.8 Å². The molecule has 0 atom stereocenters. The second-order valence-electron chi connectivity index (χ2n) is 12.1. The minimum absolute atomic E-state index is 0. The van der Waals surface area contributed by atoms with Crippen molar-refractivity contribution >= 4 is 17.4 Å². The van der Waals surface area contributed by atoms with E-state index in [1.54, 1.807) is 6.92 Å². The van der Waals surface area contributed by atoms with Gasteiger partial charge in [-0.2, -0.15) is 0 Å². The van der Waals surface area contributed by atoms with Gasteiger partial charge in [0.2, 0.25) is 17.4 Å². The van der Waals surface area contributed by atoms with Crippen molar-refractivity contribution < 1.29 is 26.5 Å². The zero-order valence-electron chi connectivity index (χ0n) is 27.5. The number of nitrogens with zero attached hydrogens (tertiary/aromatic N) is 3. The topological polar surface area (TPSA) is 45.1 Å². The smallest absolute Gasteiger partial charge is 0.247 e. The highest BCUT2D eigenvalue weighted by Crippen LogP contribution is 2.25. The molecule has 0 N–H and O–H groups in total. The van der Waals surface area contributed by atoms with Crippen molar-refractivity contribution in [3.63, 3.8) is 0 Å². The van der Waals surface area contributed by atoms with Crippen LogP contribution in [0.3, 0.4) is 0 Å². The first-order valence-electron chi connectivity index (χ1n) is 17.1. The van der Waals surface area contributed by atoms with Crippen LogP contribution in [0.5, 0.6) is 5.75 Å². The molecule has 0 bridgehead atoms. The van der Waals surface area contributed by atoms with E-state index in [-0.39, 0.29) is 22.9 Å². The summed E-state index contributed by atoms with van der Waals surface area (Å²) in [5, 5.41) is 0. The maximum Gasteiger partial charge on any atom is 0.247 e. The van der Waals surface area contributed by atoms with Gasteiger partial charge in [-0.15, -0.1) is 0 Å². The van der Waals surface area contributed by atoms with Crippen LogP contribution in [0.4, 0.5) is 5.69 Å². The summed E-state index contributed by atoms with van der Waals surface area (Å²) in [5.74, 6) is 1.81. The van der Waals surface area contributed by atoms with E-state index in [9.17, 15) is 4.79 Å². The summed E-state index contributed by atoms with van der Waals surface area (Å²) in [6.45, 7) is 5.14. The number of hydrogen-bond acceptors (Lipinski definition) is 4. The summed E-state index contributed by atoms with van der Waals surface area (Å²) in [6.07, 6.45) is 30.7. The van der Waals surface area contributed by atoms with Crippen molar-refractivity contribution in [3.8, 4) is 5.75 Å². The quantitative estimate of drug-likeness (QED) is 0.105. The monoisotopic (exact) mass is 673 g/mol. The van der Waals surface area contributed by atoms with E-state index in [0.29, 0.717) is 13.0 Å². The highest BCUT2D eigenvalue weighted by Gasteiger charge is 2.28. The maximum atomic E-state index is 12.7. The fraction of sp³-hybridized carbons (Fsp3) is 0.487. The van der Waals surface area contributed by atoms with E-state index in [2.05, 4.69) is 47.3 Å². The molecule has 2 heterocycles. The third-order valence-electron chi connectivity index (χ3n) is 8.41. The van der Waals surface area contributed by atoms with Crippen LogP contribution in [0.2, 0.25) is 0 Å². The molecule has 1 amide bonds. The Morgan fingerprint density at radius 2 is 1.47 bits per heavy atom. The van der Waals surface area contributed by atoms with E-state index in [0.717, 1.165) is 47.1 Å². The molecule has 2 aromatic carbocycles. The number of amides is 1. The number of hydrogen-bond donors (Lipinski definition) is 0. The van der Waals surface area contributed by atoms with Gasteiger partial charge in [-0.1, -0.05) is 120 Å². The largest absolute Gasteiger partial charge is 1.00 e. The van der Waals surface area contributed by atoms with Gasteiger partial charge < -0.3 is 26.6 Å². The molecule has 0 fully saturated rings. The average molecular weight is 675 g/mol. The zero-order chi connectivity index (χ0) is 30.8. The van der Waals surface area contributed by atoms with Gasteiger partial charge in [0.25, 0.3) is 0 Å². The fourth-order valence-electron chi connectivity index (χ4n) is 5.86. The van der Waals surface area contributed by atoms with E-state index in [1.807, 2.05) is 53.6 Å². The van der Waals surface area contributed by atoms with Crippen molar-refractivity contribution in [3.05, 3.63) is 96.0 Å². The molecule has 45 heavy (non-hydrogen) atoms. The molecule has 0 saturated heterocycles. The second kappa shape index (κ2) is 20.7. The van der Waals surface area contributed by atoms with Gasteiger partial charge in [0.15, 0.2) is 6.20 Å². The number of unbranched alkanes of at least 4 members (excludes halogenated alkanes) is 13. The minimum Gasteiger partial charge on any atom is -1.00 e. The number of halogens is 1. The molecule has 0 aromatic heterocycles. The summed E-state index contributed by atoms with van der Waals surface area (Å²) in [4.78, 5) is 21.1. The van der Waals surface area contributed by atoms with Crippen LogP contribution in [-0.4, -0.2) is 23.2 Å². The minimum atomic E-state index is 0. The van der Waals surface area contributed by atoms with Gasteiger partial charge in [0, 0.05) is 18.8 Å². The SMILES string of the molecule is CCCCCCCCCCCCCCCCOc1cccc(CN(C(C)=O)c2cccc(CC3=N[C+]=C4C=CC=CN43)c2)c1.[Br-]. The van der Waals surface area contributed by atoms with Crippen LogP contribution in [0, 0.1) is 6.20 Å². The fourth-order valence-corrected chi connectivity index (χ4v) is 5.86. The highest BCUT2D eigenvalue weighted by molar-refractivity contribution is 5.92. The number of rotatable bonds is 21. The summed E-state index contributed by atoms with van der Waals surface area (Å²) in [5.41, 5.74) is 3.99. The van der Waals surface area contributed by atoms with Crippen molar-refractivity contribution in [1.29, 1.82) is 0 Å². The zero-order valence-corrected chi connectivity index (χ0v) is 29.1. The average Bonchev–Trinajstić information content (AvgIpc) is 3.44. The number of benzene rings is 2. The number of aliphatic imine (C=N–C) groups is 1. The van der Waals surface area contributed by atoms with Crippen LogP contribution >= 0.6 is 0 Å². The number of ether oxygens (including phenoxy) is 1. The lowest BCUT2D eigenvalue weighted by molar-refractivity contribution is -0.116. The van der Waals surface area contributed by atoms with Gasteiger partial charge >= 0.3 is 0 Å². The molecule has 0 radical (unpaired) electrons. The predicted octanol–water partition coefficient (Wildman–Crippen LogP) is 7.09. The number of anilines is 1. The summed E-state index contributed by atoms with van der Waals surface area (Å²) >= 11 is 0. The maximum absolute atomic E-state index is 12.7. The Labute approximate surface area is 282 Å². The Hall–Kier alpha value is -3.21. The Bertz CT molecular complexity index is 1300. The molecule has 2 aromatic rings. The Morgan fingerprint density at radius 3 is 2.16 bits per heavy atom. The Kier molecular flexibility index (Phi) is 16.7. The number of carbonyl (C=O) groups is 1. The number of allylic oxidation sites excluding steroid dienone is 3. The standard InChI is InChI=1S/C39H52N3O2.BrH/c1-3-4-5-6-7-8-9-10-11-12-13-14-15-18-27-44-38-25-20-22-35(29-38)32-42(33(2)43)36-24-19-21-34(28-36)30-39-40-31-37-23-16-17-26-41(37)39;/h16-17,19-26,28-29H,3-15,18,27,30,32H2,1-2H3;1H/q+1;/p-1. The number of carbonyl (C=O) groups excluding carboxylic acids is 1. The van der Waals surface area contributed by atoms with Crippen LogP contribution in [0.15, 0.2) is 83.6 Å². The van der Waals surface area contributed by atoms with Crippen molar-refractivity contribution in [2.45, 2.75) is 117 Å². The molecule has 242 valence electrons. The number of fused-ring (bicyclic) bond motifs is 1. The lowest BCUT2D eigenvalue weighted by Crippen LogP contribution is -3.00. The molecule has 0 saturated carbocycles. The molecule has 0 unspecified atom stereocenters. The lowest BCUT2D eigenvalue weighted by Gasteiger charge is -2.22. The summed E-state index contributed by atoms with van der Waals surface area (Å²) < 4.78 is 6.10. The molecular weight excluding hydrogens is 622 g/mol. The van der Waals surface area contributed by atoms with Crippen LogP contribution in [0.1, 0.15) is 115 Å². The van der Waals surface area contributed by atoms with Crippen LogP contribution in [0.25, 0.3) is 0 Å². The molecule has 6 heteroatoms.